The normalized spacial score (nSPS) is 10.2. The Labute approximate surface area is 119 Å². The zero-order valence-corrected chi connectivity index (χ0v) is 11.8. The molecule has 0 unspecified atom stereocenters. The van der Waals surface area contributed by atoms with Crippen LogP contribution in [-0.4, -0.2) is 17.8 Å². The van der Waals surface area contributed by atoms with Crippen molar-refractivity contribution in [2.75, 3.05) is 11.9 Å². The quantitative estimate of drug-likeness (QED) is 0.612. The van der Waals surface area contributed by atoms with E-state index >= 15 is 0 Å². The Balaban J connectivity index is 2.01. The molecule has 0 atom stereocenters. The Kier molecular flexibility index (Phi) is 4.77. The summed E-state index contributed by atoms with van der Waals surface area (Å²) in [5.41, 5.74) is 2.94. The van der Waals surface area contributed by atoms with Crippen LogP contribution < -0.4 is 4.90 Å². The van der Waals surface area contributed by atoms with E-state index in [1.165, 1.54) is 5.56 Å². The maximum Gasteiger partial charge on any atom is 0.179 e. The van der Waals surface area contributed by atoms with Crippen molar-refractivity contribution in [3.8, 4) is 0 Å². The minimum absolute atomic E-state index is 0.129. The summed E-state index contributed by atoms with van der Waals surface area (Å²) in [4.78, 5) is 17.1. The van der Waals surface area contributed by atoms with Gasteiger partial charge in [-0.2, -0.15) is 0 Å². The van der Waals surface area contributed by atoms with Crippen molar-refractivity contribution in [2.24, 2.45) is 0 Å². The first kappa shape index (κ1) is 14.1. The largest absolute Gasteiger partial charge is 0.369 e. The SMILES string of the molecule is C=CCCC(=O)c1cc(N(C)Cc2ccccc2)c[nH]1. The molecule has 2 aromatic rings. The summed E-state index contributed by atoms with van der Waals surface area (Å²) < 4.78 is 0. The van der Waals surface area contributed by atoms with E-state index < -0.39 is 0 Å². The van der Waals surface area contributed by atoms with Gasteiger partial charge >= 0.3 is 0 Å². The average Bonchev–Trinajstić information content (AvgIpc) is 2.96. The number of nitrogens with zero attached hydrogens (tertiary/aromatic N) is 1. The van der Waals surface area contributed by atoms with Gasteiger partial charge in [0, 0.05) is 26.2 Å². The van der Waals surface area contributed by atoms with Gasteiger partial charge in [-0.05, 0) is 18.1 Å². The second-order valence-corrected chi connectivity index (χ2v) is 4.86. The van der Waals surface area contributed by atoms with Gasteiger partial charge in [0.25, 0.3) is 0 Å². The van der Waals surface area contributed by atoms with Crippen LogP contribution in [0, 0.1) is 0 Å². The minimum Gasteiger partial charge on any atom is -0.369 e. The van der Waals surface area contributed by atoms with E-state index in [1.807, 2.05) is 37.5 Å². The highest BCUT2D eigenvalue weighted by Gasteiger charge is 2.10. The van der Waals surface area contributed by atoms with Gasteiger partial charge in [0.1, 0.15) is 0 Å². The number of anilines is 1. The highest BCUT2D eigenvalue weighted by Crippen LogP contribution is 2.18. The molecule has 20 heavy (non-hydrogen) atoms. The summed E-state index contributed by atoms with van der Waals surface area (Å²) in [6.45, 7) is 4.45. The van der Waals surface area contributed by atoms with Crippen LogP contribution in [0.15, 0.2) is 55.3 Å². The molecule has 0 aliphatic heterocycles. The van der Waals surface area contributed by atoms with E-state index in [4.69, 9.17) is 0 Å². The Bertz CT molecular complexity index is 572. The first-order valence-corrected chi connectivity index (χ1v) is 6.78. The summed E-state index contributed by atoms with van der Waals surface area (Å²) in [5.74, 6) is 0.129. The molecular formula is C17H20N2O. The molecule has 0 saturated heterocycles. The lowest BCUT2D eigenvalue weighted by atomic mass is 10.1. The van der Waals surface area contributed by atoms with E-state index in [2.05, 4.69) is 28.6 Å². The van der Waals surface area contributed by atoms with Crippen LogP contribution >= 0.6 is 0 Å². The molecule has 1 N–H and O–H groups in total. The average molecular weight is 268 g/mol. The maximum absolute atomic E-state index is 11.9. The number of aromatic nitrogens is 1. The number of hydrogen-bond donors (Lipinski definition) is 1. The van der Waals surface area contributed by atoms with Crippen LogP contribution in [0.3, 0.4) is 0 Å². The highest BCUT2D eigenvalue weighted by molar-refractivity contribution is 5.95. The zero-order valence-electron chi connectivity index (χ0n) is 11.8. The summed E-state index contributed by atoms with van der Waals surface area (Å²) in [5, 5.41) is 0. The van der Waals surface area contributed by atoms with Crippen LogP contribution in [0.5, 0.6) is 0 Å². The van der Waals surface area contributed by atoms with E-state index in [9.17, 15) is 4.79 Å². The lowest BCUT2D eigenvalue weighted by molar-refractivity contribution is 0.0979. The molecule has 0 amide bonds. The number of carbonyl (C=O) groups excluding carboxylic acids is 1. The van der Waals surface area contributed by atoms with E-state index in [1.54, 1.807) is 6.08 Å². The summed E-state index contributed by atoms with van der Waals surface area (Å²) in [6, 6.07) is 12.2. The first-order valence-electron chi connectivity index (χ1n) is 6.78. The lowest BCUT2D eigenvalue weighted by Gasteiger charge is -2.17. The van der Waals surface area contributed by atoms with E-state index in [0.29, 0.717) is 18.5 Å². The number of rotatable bonds is 7. The molecule has 1 aromatic heterocycles. The van der Waals surface area contributed by atoms with Crippen LogP contribution in [0.1, 0.15) is 28.9 Å². The molecule has 0 bridgehead atoms. The molecule has 0 radical (unpaired) electrons. The van der Waals surface area contributed by atoms with Crippen molar-refractivity contribution in [3.63, 3.8) is 0 Å². The predicted molar refractivity (Wildman–Crippen MR) is 83.1 cm³/mol. The molecule has 3 heteroatoms. The predicted octanol–water partition coefficient (Wildman–Crippen LogP) is 3.80. The summed E-state index contributed by atoms with van der Waals surface area (Å²) in [6.07, 6.45) is 4.87. The van der Waals surface area contributed by atoms with Gasteiger partial charge in [-0.3, -0.25) is 4.79 Å². The minimum atomic E-state index is 0.129. The van der Waals surface area contributed by atoms with E-state index in [0.717, 1.165) is 12.2 Å². The topological polar surface area (TPSA) is 36.1 Å². The third-order valence-electron chi connectivity index (χ3n) is 3.25. The fourth-order valence-corrected chi connectivity index (χ4v) is 2.08. The second-order valence-electron chi connectivity index (χ2n) is 4.86. The zero-order chi connectivity index (χ0) is 14.4. The lowest BCUT2D eigenvalue weighted by Crippen LogP contribution is -2.15. The van der Waals surface area contributed by atoms with Gasteiger partial charge in [-0.1, -0.05) is 36.4 Å². The molecule has 1 heterocycles. The van der Waals surface area contributed by atoms with Gasteiger partial charge in [-0.25, -0.2) is 0 Å². The standard InChI is InChI=1S/C17H20N2O/c1-3-4-10-17(20)16-11-15(12-18-16)19(2)13-14-8-6-5-7-9-14/h3,5-9,11-12,18H,1,4,10,13H2,2H3. The monoisotopic (exact) mass is 268 g/mol. The number of nitrogens with one attached hydrogen (secondary N) is 1. The fourth-order valence-electron chi connectivity index (χ4n) is 2.08. The number of aromatic amines is 1. The van der Waals surface area contributed by atoms with Crippen molar-refractivity contribution in [2.45, 2.75) is 19.4 Å². The highest BCUT2D eigenvalue weighted by atomic mass is 16.1. The molecule has 2 rings (SSSR count). The number of carbonyl (C=O) groups is 1. The Morgan fingerprint density at radius 1 is 1.35 bits per heavy atom. The third-order valence-corrected chi connectivity index (χ3v) is 3.25. The Hall–Kier alpha value is -2.29. The Morgan fingerprint density at radius 2 is 2.10 bits per heavy atom. The third kappa shape index (κ3) is 3.60. The maximum atomic E-state index is 11.9. The molecule has 3 nitrogen and oxygen atoms in total. The van der Waals surface area contributed by atoms with Crippen molar-refractivity contribution in [1.29, 1.82) is 0 Å². The Morgan fingerprint density at radius 3 is 2.80 bits per heavy atom. The molecule has 104 valence electrons. The van der Waals surface area contributed by atoms with Crippen molar-refractivity contribution in [3.05, 3.63) is 66.5 Å². The molecule has 0 fully saturated rings. The van der Waals surface area contributed by atoms with Crippen molar-refractivity contribution in [1.82, 2.24) is 4.98 Å². The smallest absolute Gasteiger partial charge is 0.179 e. The van der Waals surface area contributed by atoms with Crippen molar-refractivity contribution >= 4 is 11.5 Å². The number of hydrogen-bond acceptors (Lipinski definition) is 2. The van der Waals surface area contributed by atoms with Gasteiger partial charge in [-0.15, -0.1) is 6.58 Å². The fraction of sp³-hybridized carbons (Fsp3) is 0.235. The first-order chi connectivity index (χ1) is 9.70. The molecule has 0 spiro atoms. The summed E-state index contributed by atoms with van der Waals surface area (Å²) in [7, 11) is 2.02. The molecular weight excluding hydrogens is 248 g/mol. The molecule has 0 saturated carbocycles. The van der Waals surface area contributed by atoms with Crippen LogP contribution in [0.25, 0.3) is 0 Å². The van der Waals surface area contributed by atoms with Gasteiger partial charge in [0.15, 0.2) is 5.78 Å². The summed E-state index contributed by atoms with van der Waals surface area (Å²) >= 11 is 0. The number of benzene rings is 1. The molecule has 1 aromatic carbocycles. The number of Topliss-reactive ketones (excluding diaryl/α,β-unsaturated/α-hetero) is 1. The van der Waals surface area contributed by atoms with Gasteiger partial charge in [0.2, 0.25) is 0 Å². The number of H-pyrrole nitrogens is 1. The van der Waals surface area contributed by atoms with Crippen molar-refractivity contribution < 1.29 is 4.79 Å². The van der Waals surface area contributed by atoms with Crippen LogP contribution in [-0.2, 0) is 6.54 Å². The van der Waals surface area contributed by atoms with Gasteiger partial charge in [0.05, 0.1) is 11.4 Å². The van der Waals surface area contributed by atoms with E-state index in [-0.39, 0.29) is 5.78 Å². The van der Waals surface area contributed by atoms with Crippen LogP contribution in [0.2, 0.25) is 0 Å². The van der Waals surface area contributed by atoms with Gasteiger partial charge < -0.3 is 9.88 Å². The van der Waals surface area contributed by atoms with Crippen LogP contribution in [0.4, 0.5) is 5.69 Å². The molecule has 0 aliphatic carbocycles. The second kappa shape index (κ2) is 6.75. The molecule has 0 aliphatic rings. The number of allylic oxidation sites excluding steroid dienone is 1. The number of ketones is 1.